The third-order valence-electron chi connectivity index (χ3n) is 2.92. The Morgan fingerprint density at radius 2 is 2.38 bits per heavy atom. The second kappa shape index (κ2) is 4.99. The van der Waals surface area contributed by atoms with Gasteiger partial charge < -0.3 is 16.4 Å². The molecular formula is C12H17N3O. The molecule has 0 spiro atoms. The zero-order valence-corrected chi connectivity index (χ0v) is 9.20. The van der Waals surface area contributed by atoms with Crippen molar-refractivity contribution in [2.45, 2.75) is 18.8 Å². The van der Waals surface area contributed by atoms with Gasteiger partial charge in [0.25, 0.3) is 0 Å². The van der Waals surface area contributed by atoms with E-state index >= 15 is 0 Å². The molecule has 2 amide bonds. The van der Waals surface area contributed by atoms with Crippen molar-refractivity contribution < 1.29 is 4.79 Å². The van der Waals surface area contributed by atoms with Gasteiger partial charge >= 0.3 is 6.03 Å². The van der Waals surface area contributed by atoms with Crippen LogP contribution in [-0.2, 0) is 0 Å². The molecule has 1 aromatic carbocycles. The van der Waals surface area contributed by atoms with Gasteiger partial charge in [-0.25, -0.2) is 4.79 Å². The predicted octanol–water partition coefficient (Wildman–Crippen LogP) is 1.64. The summed E-state index contributed by atoms with van der Waals surface area (Å²) in [5, 5.41) is 5.98. The highest BCUT2D eigenvalue weighted by Gasteiger charge is 2.15. The molecule has 0 aliphatic carbocycles. The molecule has 0 radical (unpaired) electrons. The average Bonchev–Trinajstić information content (AvgIpc) is 2.30. The van der Waals surface area contributed by atoms with Crippen LogP contribution >= 0.6 is 0 Å². The summed E-state index contributed by atoms with van der Waals surface area (Å²) >= 11 is 0. The highest BCUT2D eigenvalue weighted by atomic mass is 16.2. The number of carbonyl (C=O) groups excluding carboxylic acids is 1. The van der Waals surface area contributed by atoms with Crippen molar-refractivity contribution in [3.05, 3.63) is 29.8 Å². The van der Waals surface area contributed by atoms with Gasteiger partial charge in [0, 0.05) is 12.2 Å². The maximum absolute atomic E-state index is 10.8. The van der Waals surface area contributed by atoms with Crippen molar-refractivity contribution in [2.24, 2.45) is 5.73 Å². The molecule has 16 heavy (non-hydrogen) atoms. The Bertz CT molecular complexity index is 372. The third kappa shape index (κ3) is 2.73. The highest BCUT2D eigenvalue weighted by Crippen LogP contribution is 2.25. The number of carbonyl (C=O) groups is 1. The second-order valence-electron chi connectivity index (χ2n) is 4.16. The van der Waals surface area contributed by atoms with E-state index in [-0.39, 0.29) is 0 Å². The van der Waals surface area contributed by atoms with E-state index in [1.807, 2.05) is 18.2 Å². The second-order valence-corrected chi connectivity index (χ2v) is 4.16. The third-order valence-corrected chi connectivity index (χ3v) is 2.92. The number of amides is 2. The maximum atomic E-state index is 10.8. The number of rotatable bonds is 2. The Kier molecular flexibility index (Phi) is 3.41. The largest absolute Gasteiger partial charge is 0.351 e. The predicted molar refractivity (Wildman–Crippen MR) is 64.5 cm³/mol. The number of piperidine rings is 1. The standard InChI is InChI=1S/C12H17N3O/c13-12(16)15-11-5-1-3-9(7-11)10-4-2-6-14-8-10/h1,3,5,7,10,14H,2,4,6,8H2,(H3,13,15,16). The molecule has 1 aliphatic rings. The van der Waals surface area contributed by atoms with Gasteiger partial charge in [0.1, 0.15) is 0 Å². The van der Waals surface area contributed by atoms with Gasteiger partial charge in [-0.3, -0.25) is 0 Å². The number of anilines is 1. The molecule has 1 unspecified atom stereocenters. The molecule has 1 aromatic rings. The van der Waals surface area contributed by atoms with Crippen molar-refractivity contribution >= 4 is 11.7 Å². The summed E-state index contributed by atoms with van der Waals surface area (Å²) in [5.41, 5.74) is 7.13. The Balaban J connectivity index is 2.11. The van der Waals surface area contributed by atoms with Gasteiger partial charge in [-0.1, -0.05) is 12.1 Å². The van der Waals surface area contributed by atoms with Crippen molar-refractivity contribution in [1.29, 1.82) is 0 Å². The lowest BCUT2D eigenvalue weighted by atomic mass is 9.91. The number of hydrogen-bond acceptors (Lipinski definition) is 2. The van der Waals surface area contributed by atoms with Crippen molar-refractivity contribution in [2.75, 3.05) is 18.4 Å². The smallest absolute Gasteiger partial charge is 0.316 e. The fraction of sp³-hybridized carbons (Fsp3) is 0.417. The minimum absolute atomic E-state index is 0.515. The zero-order chi connectivity index (χ0) is 11.4. The van der Waals surface area contributed by atoms with Crippen molar-refractivity contribution in [1.82, 2.24) is 5.32 Å². The van der Waals surface area contributed by atoms with E-state index < -0.39 is 6.03 Å². The molecule has 0 saturated carbocycles. The molecular weight excluding hydrogens is 202 g/mol. The molecule has 1 heterocycles. The fourth-order valence-electron chi connectivity index (χ4n) is 2.15. The van der Waals surface area contributed by atoms with E-state index in [0.29, 0.717) is 5.92 Å². The molecule has 1 fully saturated rings. The number of hydrogen-bond donors (Lipinski definition) is 3. The number of nitrogens with one attached hydrogen (secondary N) is 2. The molecule has 4 nitrogen and oxygen atoms in total. The molecule has 0 aromatic heterocycles. The molecule has 0 bridgehead atoms. The van der Waals surface area contributed by atoms with E-state index in [0.717, 1.165) is 18.8 Å². The summed E-state index contributed by atoms with van der Waals surface area (Å²) in [7, 11) is 0. The van der Waals surface area contributed by atoms with Gasteiger partial charge in [-0.2, -0.15) is 0 Å². The molecule has 1 atom stereocenters. The Morgan fingerprint density at radius 3 is 3.06 bits per heavy atom. The first-order valence-electron chi connectivity index (χ1n) is 5.63. The Hall–Kier alpha value is -1.55. The lowest BCUT2D eigenvalue weighted by molar-refractivity contribution is 0.259. The summed E-state index contributed by atoms with van der Waals surface area (Å²) in [6.07, 6.45) is 2.41. The van der Waals surface area contributed by atoms with E-state index in [1.165, 1.54) is 18.4 Å². The highest BCUT2D eigenvalue weighted by molar-refractivity contribution is 5.87. The van der Waals surface area contributed by atoms with Crippen molar-refractivity contribution in [3.8, 4) is 0 Å². The van der Waals surface area contributed by atoms with Crippen LogP contribution in [0.4, 0.5) is 10.5 Å². The quantitative estimate of drug-likeness (QED) is 0.708. The lowest BCUT2D eigenvalue weighted by Gasteiger charge is -2.23. The first-order valence-corrected chi connectivity index (χ1v) is 5.63. The molecule has 1 saturated heterocycles. The summed E-state index contributed by atoms with van der Waals surface area (Å²) in [4.78, 5) is 10.8. The number of benzene rings is 1. The van der Waals surface area contributed by atoms with Crippen LogP contribution in [0.3, 0.4) is 0 Å². The summed E-state index contributed by atoms with van der Waals surface area (Å²) in [6.45, 7) is 2.12. The molecule has 1 aliphatic heterocycles. The van der Waals surface area contributed by atoms with Gasteiger partial charge in [0.15, 0.2) is 0 Å². The monoisotopic (exact) mass is 219 g/mol. The summed E-state index contributed by atoms with van der Waals surface area (Å²) in [5.74, 6) is 0.545. The SMILES string of the molecule is NC(=O)Nc1cccc(C2CCCNC2)c1. The average molecular weight is 219 g/mol. The van der Waals surface area contributed by atoms with Crippen LogP contribution in [0.5, 0.6) is 0 Å². The molecule has 4 N–H and O–H groups in total. The summed E-state index contributed by atoms with van der Waals surface area (Å²) in [6, 6.07) is 7.39. The van der Waals surface area contributed by atoms with Gasteiger partial charge in [0.05, 0.1) is 0 Å². The van der Waals surface area contributed by atoms with Crippen LogP contribution in [-0.4, -0.2) is 19.1 Å². The molecule has 86 valence electrons. The Morgan fingerprint density at radius 1 is 1.50 bits per heavy atom. The van der Waals surface area contributed by atoms with Gasteiger partial charge in [0.2, 0.25) is 0 Å². The van der Waals surface area contributed by atoms with E-state index in [2.05, 4.69) is 16.7 Å². The molecule has 4 heteroatoms. The topological polar surface area (TPSA) is 67.2 Å². The van der Waals surface area contributed by atoms with Gasteiger partial charge in [-0.05, 0) is 43.0 Å². The number of urea groups is 1. The minimum Gasteiger partial charge on any atom is -0.351 e. The first kappa shape index (κ1) is 11.0. The minimum atomic E-state index is -0.515. The normalized spacial score (nSPS) is 20.4. The van der Waals surface area contributed by atoms with Gasteiger partial charge in [-0.15, -0.1) is 0 Å². The number of primary amides is 1. The van der Waals surface area contributed by atoms with Crippen LogP contribution in [0.2, 0.25) is 0 Å². The summed E-state index contributed by atoms with van der Waals surface area (Å²) < 4.78 is 0. The van der Waals surface area contributed by atoms with Crippen LogP contribution in [0, 0.1) is 0 Å². The maximum Gasteiger partial charge on any atom is 0.316 e. The van der Waals surface area contributed by atoms with Crippen LogP contribution in [0.15, 0.2) is 24.3 Å². The fourth-order valence-corrected chi connectivity index (χ4v) is 2.15. The van der Waals surface area contributed by atoms with Crippen LogP contribution in [0.25, 0.3) is 0 Å². The van der Waals surface area contributed by atoms with Crippen LogP contribution < -0.4 is 16.4 Å². The zero-order valence-electron chi connectivity index (χ0n) is 9.20. The number of nitrogens with two attached hydrogens (primary N) is 1. The molecule has 2 rings (SSSR count). The van der Waals surface area contributed by atoms with E-state index in [1.54, 1.807) is 0 Å². The van der Waals surface area contributed by atoms with E-state index in [9.17, 15) is 4.79 Å². The van der Waals surface area contributed by atoms with Crippen LogP contribution in [0.1, 0.15) is 24.3 Å². The first-order chi connectivity index (χ1) is 7.75. The lowest BCUT2D eigenvalue weighted by Crippen LogP contribution is -2.28. The van der Waals surface area contributed by atoms with Crippen molar-refractivity contribution in [3.63, 3.8) is 0 Å². The van der Waals surface area contributed by atoms with E-state index in [4.69, 9.17) is 5.73 Å². The Labute approximate surface area is 95.2 Å².